The van der Waals surface area contributed by atoms with Gasteiger partial charge in [0.1, 0.15) is 0 Å². The van der Waals surface area contributed by atoms with Crippen molar-refractivity contribution in [3.8, 4) is 0 Å². The topological polar surface area (TPSA) is 41.5 Å². The molecule has 0 saturated heterocycles. The Bertz CT molecular complexity index is 160. The third kappa shape index (κ3) is 9.13. The van der Waals surface area contributed by atoms with Gasteiger partial charge in [0.05, 0.1) is 12.7 Å². The quantitative estimate of drug-likeness (QED) is 0.637. The molecule has 0 aromatic carbocycles. The monoisotopic (exact) mass is 231 g/mol. The summed E-state index contributed by atoms with van der Waals surface area (Å²) in [5.74, 6) is 1.85. The average Bonchev–Trinajstić information content (AvgIpc) is 2.16. The van der Waals surface area contributed by atoms with Crippen LogP contribution in [0.15, 0.2) is 0 Å². The van der Waals surface area contributed by atoms with Crippen LogP contribution in [0.1, 0.15) is 34.6 Å². The third-order valence-corrected chi connectivity index (χ3v) is 2.75. The average molecular weight is 231 g/mol. The molecule has 0 radical (unpaired) electrons. The molecule has 0 bridgehead atoms. The molecule has 0 rings (SSSR count). The van der Waals surface area contributed by atoms with Gasteiger partial charge in [-0.3, -0.25) is 0 Å². The highest BCUT2D eigenvalue weighted by Crippen LogP contribution is 2.07. The molecule has 3 nitrogen and oxygen atoms in total. The number of aliphatic hydroxyl groups excluding tert-OH is 1. The van der Waals surface area contributed by atoms with Crippen LogP contribution in [0.25, 0.3) is 0 Å². The highest BCUT2D eigenvalue weighted by molar-refractivity contribution is 4.64. The van der Waals surface area contributed by atoms with Crippen molar-refractivity contribution in [3.05, 3.63) is 0 Å². The van der Waals surface area contributed by atoms with Gasteiger partial charge in [0.2, 0.25) is 0 Å². The number of aliphatic hydroxyl groups is 1. The van der Waals surface area contributed by atoms with Crippen LogP contribution in [0, 0.1) is 17.8 Å². The second kappa shape index (κ2) is 8.97. The number of ether oxygens (including phenoxy) is 1. The number of rotatable bonds is 9. The summed E-state index contributed by atoms with van der Waals surface area (Å²) < 4.78 is 5.37. The first kappa shape index (κ1) is 15.9. The lowest BCUT2D eigenvalue weighted by Gasteiger charge is -2.18. The van der Waals surface area contributed by atoms with E-state index in [0.717, 1.165) is 13.2 Å². The molecule has 3 heteroatoms. The lowest BCUT2D eigenvalue weighted by atomic mass is 9.98. The second-order valence-electron chi connectivity index (χ2n) is 5.46. The first-order chi connectivity index (χ1) is 7.43. The minimum atomic E-state index is -0.391. The van der Waals surface area contributed by atoms with E-state index in [4.69, 9.17) is 4.74 Å². The molecule has 98 valence electrons. The van der Waals surface area contributed by atoms with Gasteiger partial charge < -0.3 is 15.2 Å². The van der Waals surface area contributed by atoms with E-state index in [-0.39, 0.29) is 0 Å². The van der Waals surface area contributed by atoms with Gasteiger partial charge in [0.15, 0.2) is 0 Å². The molecule has 0 aliphatic carbocycles. The lowest BCUT2D eigenvalue weighted by molar-refractivity contribution is 0.0257. The summed E-state index contributed by atoms with van der Waals surface area (Å²) in [5, 5.41) is 12.9. The summed E-state index contributed by atoms with van der Waals surface area (Å²) in [4.78, 5) is 0. The van der Waals surface area contributed by atoms with Gasteiger partial charge in [-0.2, -0.15) is 0 Å². The van der Waals surface area contributed by atoms with Crippen LogP contribution >= 0.6 is 0 Å². The van der Waals surface area contributed by atoms with Crippen LogP contribution in [-0.2, 0) is 4.74 Å². The Hall–Kier alpha value is -0.120. The first-order valence-corrected chi connectivity index (χ1v) is 6.40. The number of nitrogens with one attached hydrogen (secondary N) is 1. The summed E-state index contributed by atoms with van der Waals surface area (Å²) in [5.41, 5.74) is 0. The van der Waals surface area contributed by atoms with Gasteiger partial charge in [-0.25, -0.2) is 0 Å². The number of hydrogen-bond acceptors (Lipinski definition) is 3. The van der Waals surface area contributed by atoms with E-state index in [0.29, 0.717) is 30.9 Å². The van der Waals surface area contributed by atoms with Gasteiger partial charge >= 0.3 is 0 Å². The largest absolute Gasteiger partial charge is 0.389 e. The van der Waals surface area contributed by atoms with E-state index in [1.54, 1.807) is 0 Å². The van der Waals surface area contributed by atoms with Crippen LogP contribution in [0.2, 0.25) is 0 Å². The molecule has 0 amide bonds. The maximum atomic E-state index is 9.63. The molecule has 0 heterocycles. The summed E-state index contributed by atoms with van der Waals surface area (Å²) in [6, 6.07) is 0. The van der Waals surface area contributed by atoms with Crippen molar-refractivity contribution in [1.82, 2.24) is 5.32 Å². The van der Waals surface area contributed by atoms with E-state index < -0.39 is 6.10 Å². The molecular formula is C13H29NO2. The van der Waals surface area contributed by atoms with Crippen molar-refractivity contribution >= 4 is 0 Å². The van der Waals surface area contributed by atoms with Gasteiger partial charge in [0.25, 0.3) is 0 Å². The van der Waals surface area contributed by atoms with Crippen molar-refractivity contribution in [2.24, 2.45) is 17.8 Å². The van der Waals surface area contributed by atoms with E-state index in [1.807, 2.05) is 0 Å². The molecule has 0 aromatic rings. The Balaban J connectivity index is 3.40. The molecule has 0 fully saturated rings. The predicted molar refractivity (Wildman–Crippen MR) is 68.5 cm³/mol. The van der Waals surface area contributed by atoms with Crippen molar-refractivity contribution in [3.63, 3.8) is 0 Å². The van der Waals surface area contributed by atoms with Gasteiger partial charge in [-0.1, -0.05) is 34.6 Å². The van der Waals surface area contributed by atoms with Crippen molar-refractivity contribution in [2.75, 3.05) is 26.3 Å². The Morgan fingerprint density at radius 1 is 1.00 bits per heavy atom. The number of hydrogen-bond donors (Lipinski definition) is 2. The highest BCUT2D eigenvalue weighted by atomic mass is 16.5. The Morgan fingerprint density at radius 2 is 1.62 bits per heavy atom. The van der Waals surface area contributed by atoms with Crippen molar-refractivity contribution in [2.45, 2.75) is 40.7 Å². The predicted octanol–water partition coefficient (Wildman–Crippen LogP) is 1.90. The fourth-order valence-electron chi connectivity index (χ4n) is 1.21. The summed E-state index contributed by atoms with van der Waals surface area (Å²) in [7, 11) is 0. The summed E-state index contributed by atoms with van der Waals surface area (Å²) in [6.45, 7) is 13.6. The molecule has 0 aromatic heterocycles. The molecular weight excluding hydrogens is 202 g/mol. The van der Waals surface area contributed by atoms with Gasteiger partial charge in [0, 0.05) is 13.2 Å². The lowest BCUT2D eigenvalue weighted by Crippen LogP contribution is -2.34. The normalized spacial score (nSPS) is 15.8. The van der Waals surface area contributed by atoms with E-state index in [9.17, 15) is 5.11 Å². The molecule has 2 N–H and O–H groups in total. The van der Waals surface area contributed by atoms with Crippen LogP contribution in [0.4, 0.5) is 0 Å². The first-order valence-electron chi connectivity index (χ1n) is 6.40. The van der Waals surface area contributed by atoms with Crippen molar-refractivity contribution in [1.29, 1.82) is 0 Å². The van der Waals surface area contributed by atoms with Crippen molar-refractivity contribution < 1.29 is 9.84 Å². The Morgan fingerprint density at radius 3 is 2.12 bits per heavy atom. The maximum absolute atomic E-state index is 9.63. The maximum Gasteiger partial charge on any atom is 0.0897 e. The third-order valence-electron chi connectivity index (χ3n) is 2.75. The van der Waals surface area contributed by atoms with Crippen LogP contribution in [-0.4, -0.2) is 37.5 Å². The molecule has 2 unspecified atom stereocenters. The van der Waals surface area contributed by atoms with E-state index >= 15 is 0 Å². The fraction of sp³-hybridized carbons (Fsp3) is 1.00. The van der Waals surface area contributed by atoms with Gasteiger partial charge in [-0.15, -0.1) is 0 Å². The Kier molecular flexibility index (Phi) is 8.90. The molecule has 0 aliphatic heterocycles. The van der Waals surface area contributed by atoms with E-state index in [2.05, 4.69) is 39.9 Å². The second-order valence-corrected chi connectivity index (χ2v) is 5.46. The Labute approximate surface area is 101 Å². The fourth-order valence-corrected chi connectivity index (χ4v) is 1.21. The van der Waals surface area contributed by atoms with Crippen LogP contribution < -0.4 is 5.32 Å². The van der Waals surface area contributed by atoms with Gasteiger partial charge in [-0.05, 0) is 24.3 Å². The molecule has 0 saturated carbocycles. The molecule has 16 heavy (non-hydrogen) atoms. The van der Waals surface area contributed by atoms with E-state index in [1.165, 1.54) is 0 Å². The molecule has 2 atom stereocenters. The SMILES string of the molecule is CC(C)COCC(O)CNCC(C)C(C)C. The molecule has 0 aliphatic rings. The zero-order valence-electron chi connectivity index (χ0n) is 11.5. The standard InChI is InChI=1S/C13H29NO2/c1-10(2)8-16-9-13(15)7-14-6-12(5)11(3)4/h10-15H,6-9H2,1-5H3. The van der Waals surface area contributed by atoms with Crippen LogP contribution in [0.5, 0.6) is 0 Å². The summed E-state index contributed by atoms with van der Waals surface area (Å²) >= 11 is 0. The minimum absolute atomic E-state index is 0.391. The zero-order chi connectivity index (χ0) is 12.6. The van der Waals surface area contributed by atoms with Crippen LogP contribution in [0.3, 0.4) is 0 Å². The highest BCUT2D eigenvalue weighted by Gasteiger charge is 2.08. The minimum Gasteiger partial charge on any atom is -0.389 e. The molecule has 0 spiro atoms. The smallest absolute Gasteiger partial charge is 0.0897 e. The summed E-state index contributed by atoms with van der Waals surface area (Å²) in [6.07, 6.45) is -0.391. The zero-order valence-corrected chi connectivity index (χ0v) is 11.5.